The van der Waals surface area contributed by atoms with Gasteiger partial charge in [-0.2, -0.15) is 0 Å². The lowest BCUT2D eigenvalue weighted by atomic mass is 9.87. The second-order valence-corrected chi connectivity index (χ2v) is 6.40. The molecule has 24 heavy (non-hydrogen) atoms. The van der Waals surface area contributed by atoms with Crippen molar-refractivity contribution in [3.05, 3.63) is 70.0 Å². The molecule has 3 rings (SSSR count). The lowest BCUT2D eigenvalue weighted by molar-refractivity contribution is 0.570. The molecule has 0 saturated carbocycles. The first-order valence-electron chi connectivity index (χ1n) is 8.55. The quantitative estimate of drug-likeness (QED) is 0.562. The Morgan fingerprint density at radius 1 is 0.917 bits per heavy atom. The largest absolute Gasteiger partial charge is 0.207 e. The molecule has 0 amide bonds. The van der Waals surface area contributed by atoms with E-state index in [1.54, 1.807) is 12.1 Å². The van der Waals surface area contributed by atoms with Gasteiger partial charge in [0.05, 0.1) is 0 Å². The van der Waals surface area contributed by atoms with Gasteiger partial charge in [0.15, 0.2) is 0 Å². The van der Waals surface area contributed by atoms with Crippen molar-refractivity contribution in [2.24, 2.45) is 0 Å². The number of allylic oxidation sites excluding steroid dienone is 1. The fourth-order valence-corrected chi connectivity index (χ4v) is 3.31. The maximum absolute atomic E-state index is 14.5. The Bertz CT molecular complexity index is 752. The third-order valence-electron chi connectivity index (χ3n) is 4.59. The molecule has 0 spiro atoms. The van der Waals surface area contributed by atoms with Gasteiger partial charge in [-0.3, -0.25) is 0 Å². The van der Waals surface area contributed by atoms with Crippen LogP contribution in [-0.2, 0) is 12.8 Å². The summed E-state index contributed by atoms with van der Waals surface area (Å²) < 4.78 is 42.4. The Labute approximate surface area is 141 Å². The number of unbranched alkanes of at least 4 members (excludes halogenated alkanes) is 2. The Morgan fingerprint density at radius 2 is 1.67 bits per heavy atom. The predicted octanol–water partition coefficient (Wildman–Crippen LogP) is 6.32. The van der Waals surface area contributed by atoms with Crippen molar-refractivity contribution in [3.8, 4) is 0 Å². The van der Waals surface area contributed by atoms with E-state index in [1.165, 1.54) is 24.3 Å². The van der Waals surface area contributed by atoms with Crippen LogP contribution in [0.15, 0.2) is 30.3 Å². The highest BCUT2D eigenvalue weighted by Crippen LogP contribution is 2.34. The van der Waals surface area contributed by atoms with E-state index >= 15 is 0 Å². The third-order valence-corrected chi connectivity index (χ3v) is 4.59. The fourth-order valence-electron chi connectivity index (χ4n) is 3.31. The summed E-state index contributed by atoms with van der Waals surface area (Å²) >= 11 is 0. The molecule has 1 aliphatic rings. The lowest BCUT2D eigenvalue weighted by Gasteiger charge is -2.18. The molecule has 0 fully saturated rings. The molecule has 126 valence electrons. The van der Waals surface area contributed by atoms with E-state index < -0.39 is 11.6 Å². The summed E-state index contributed by atoms with van der Waals surface area (Å²) in [4.78, 5) is 0. The number of rotatable bonds is 5. The minimum atomic E-state index is -0.521. The van der Waals surface area contributed by atoms with Gasteiger partial charge in [-0.05, 0) is 72.2 Å². The molecule has 0 atom stereocenters. The smallest absolute Gasteiger partial charge is 0.133 e. The van der Waals surface area contributed by atoms with Gasteiger partial charge in [0.1, 0.15) is 17.5 Å². The summed E-state index contributed by atoms with van der Waals surface area (Å²) in [5.41, 5.74) is 3.05. The molecule has 0 heterocycles. The topological polar surface area (TPSA) is 0 Å². The third kappa shape index (κ3) is 3.55. The van der Waals surface area contributed by atoms with Crippen molar-refractivity contribution in [1.29, 1.82) is 0 Å². The van der Waals surface area contributed by atoms with Gasteiger partial charge in [-0.15, -0.1) is 0 Å². The standard InChI is InChI=1S/C21H21F3/c1-2-3-4-5-14-10-19(23)21(20(24)11-14)16-7-6-15-8-9-18(22)13-17(15)12-16/h8-13H,2-7H2,1H3. The highest BCUT2D eigenvalue weighted by molar-refractivity contribution is 5.84. The van der Waals surface area contributed by atoms with E-state index in [-0.39, 0.29) is 11.4 Å². The highest BCUT2D eigenvalue weighted by atomic mass is 19.1. The summed E-state index contributed by atoms with van der Waals surface area (Å²) in [6.45, 7) is 2.10. The van der Waals surface area contributed by atoms with Gasteiger partial charge >= 0.3 is 0 Å². The molecule has 0 aliphatic heterocycles. The van der Waals surface area contributed by atoms with E-state index in [4.69, 9.17) is 0 Å². The molecule has 0 radical (unpaired) electrons. The van der Waals surface area contributed by atoms with Gasteiger partial charge < -0.3 is 0 Å². The van der Waals surface area contributed by atoms with Gasteiger partial charge in [0, 0.05) is 5.56 Å². The van der Waals surface area contributed by atoms with Crippen LogP contribution in [0.4, 0.5) is 13.2 Å². The Hall–Kier alpha value is -2.03. The predicted molar refractivity (Wildman–Crippen MR) is 92.2 cm³/mol. The average molecular weight is 330 g/mol. The van der Waals surface area contributed by atoms with Crippen LogP contribution in [-0.4, -0.2) is 0 Å². The van der Waals surface area contributed by atoms with E-state index in [0.29, 0.717) is 36.0 Å². The minimum absolute atomic E-state index is 0.0316. The van der Waals surface area contributed by atoms with Crippen molar-refractivity contribution < 1.29 is 13.2 Å². The average Bonchev–Trinajstić information content (AvgIpc) is 2.54. The highest BCUT2D eigenvalue weighted by Gasteiger charge is 2.19. The van der Waals surface area contributed by atoms with Crippen molar-refractivity contribution in [3.63, 3.8) is 0 Å². The minimum Gasteiger partial charge on any atom is -0.207 e. The Kier molecular flexibility index (Phi) is 5.08. The molecule has 2 aromatic carbocycles. The van der Waals surface area contributed by atoms with Crippen molar-refractivity contribution in [2.75, 3.05) is 0 Å². The van der Waals surface area contributed by atoms with Crippen molar-refractivity contribution in [2.45, 2.75) is 45.4 Å². The van der Waals surface area contributed by atoms with Gasteiger partial charge in [0.25, 0.3) is 0 Å². The SMILES string of the molecule is CCCCCc1cc(F)c(C2=Cc3cc(F)ccc3CC2)c(F)c1. The molecule has 0 unspecified atom stereocenters. The number of hydrogen-bond donors (Lipinski definition) is 0. The summed E-state index contributed by atoms with van der Waals surface area (Å²) in [5, 5.41) is 0. The van der Waals surface area contributed by atoms with E-state index in [2.05, 4.69) is 6.92 Å². The molecule has 3 heteroatoms. The fraction of sp³-hybridized carbons (Fsp3) is 0.333. The molecule has 0 aromatic heterocycles. The van der Waals surface area contributed by atoms with Crippen LogP contribution in [0, 0.1) is 17.5 Å². The van der Waals surface area contributed by atoms with Crippen LogP contribution in [0.5, 0.6) is 0 Å². The second-order valence-electron chi connectivity index (χ2n) is 6.40. The number of benzene rings is 2. The molecular formula is C21H21F3. The monoisotopic (exact) mass is 330 g/mol. The number of halogens is 3. The van der Waals surface area contributed by atoms with Crippen LogP contribution in [0.25, 0.3) is 11.6 Å². The number of hydrogen-bond acceptors (Lipinski definition) is 0. The van der Waals surface area contributed by atoms with Crippen LogP contribution in [0.2, 0.25) is 0 Å². The van der Waals surface area contributed by atoms with Crippen LogP contribution in [0.1, 0.15) is 54.9 Å². The molecular weight excluding hydrogens is 309 g/mol. The molecule has 0 bridgehead atoms. The van der Waals surface area contributed by atoms with E-state index in [0.717, 1.165) is 24.8 Å². The molecule has 0 saturated heterocycles. The van der Waals surface area contributed by atoms with Crippen molar-refractivity contribution in [1.82, 2.24) is 0 Å². The summed E-state index contributed by atoms with van der Waals surface area (Å²) in [6.07, 6.45) is 6.68. The Morgan fingerprint density at radius 3 is 2.38 bits per heavy atom. The summed E-state index contributed by atoms with van der Waals surface area (Å²) in [6, 6.07) is 7.46. The summed E-state index contributed by atoms with van der Waals surface area (Å²) in [7, 11) is 0. The zero-order valence-electron chi connectivity index (χ0n) is 13.8. The first-order chi connectivity index (χ1) is 11.6. The van der Waals surface area contributed by atoms with Crippen LogP contribution in [0.3, 0.4) is 0 Å². The van der Waals surface area contributed by atoms with E-state index in [1.807, 2.05) is 0 Å². The maximum atomic E-state index is 14.5. The first kappa shape index (κ1) is 16.8. The molecule has 0 nitrogen and oxygen atoms in total. The number of aryl methyl sites for hydroxylation is 2. The van der Waals surface area contributed by atoms with Crippen molar-refractivity contribution >= 4 is 11.6 Å². The van der Waals surface area contributed by atoms with Crippen LogP contribution < -0.4 is 0 Å². The Balaban J connectivity index is 1.92. The normalized spacial score (nSPS) is 13.6. The molecule has 0 N–H and O–H groups in total. The maximum Gasteiger partial charge on any atom is 0.133 e. The summed E-state index contributed by atoms with van der Waals surface area (Å²) in [5.74, 6) is -1.38. The zero-order valence-corrected chi connectivity index (χ0v) is 13.8. The van der Waals surface area contributed by atoms with Gasteiger partial charge in [0.2, 0.25) is 0 Å². The van der Waals surface area contributed by atoms with E-state index in [9.17, 15) is 13.2 Å². The van der Waals surface area contributed by atoms with Crippen LogP contribution >= 0.6 is 0 Å². The molecule has 2 aromatic rings. The van der Waals surface area contributed by atoms with Gasteiger partial charge in [-0.1, -0.05) is 31.9 Å². The second kappa shape index (κ2) is 7.25. The van der Waals surface area contributed by atoms with Gasteiger partial charge in [-0.25, -0.2) is 13.2 Å². The molecule has 1 aliphatic carbocycles. The lowest BCUT2D eigenvalue weighted by Crippen LogP contribution is -2.04. The zero-order chi connectivity index (χ0) is 17.1. The first-order valence-corrected chi connectivity index (χ1v) is 8.55. The number of fused-ring (bicyclic) bond motifs is 1.